The third kappa shape index (κ3) is 6.21. The SMILES string of the molecule is CCN(CC1CCC(CNC(C)C)O1)C(C)COC. The van der Waals surface area contributed by atoms with E-state index in [9.17, 15) is 0 Å². The highest BCUT2D eigenvalue weighted by Crippen LogP contribution is 2.21. The number of nitrogens with zero attached hydrogens (tertiary/aromatic N) is 1. The van der Waals surface area contributed by atoms with Crippen molar-refractivity contribution in [3.63, 3.8) is 0 Å². The van der Waals surface area contributed by atoms with Crippen LogP contribution in [0, 0.1) is 0 Å². The van der Waals surface area contributed by atoms with Gasteiger partial charge in [-0.1, -0.05) is 20.8 Å². The van der Waals surface area contributed by atoms with Crippen LogP contribution in [0.1, 0.15) is 40.5 Å². The largest absolute Gasteiger partial charge is 0.383 e. The van der Waals surface area contributed by atoms with E-state index >= 15 is 0 Å². The highest BCUT2D eigenvalue weighted by Gasteiger charge is 2.27. The number of hydrogen-bond donors (Lipinski definition) is 1. The number of ether oxygens (including phenoxy) is 2. The maximum Gasteiger partial charge on any atom is 0.0707 e. The summed E-state index contributed by atoms with van der Waals surface area (Å²) in [6, 6.07) is 1.00. The molecule has 4 nitrogen and oxygen atoms in total. The first kappa shape index (κ1) is 16.9. The molecule has 1 aliphatic heterocycles. The normalized spacial score (nSPS) is 25.4. The van der Waals surface area contributed by atoms with Crippen molar-refractivity contribution in [1.29, 1.82) is 0 Å². The van der Waals surface area contributed by atoms with Gasteiger partial charge in [-0.05, 0) is 26.3 Å². The molecule has 3 atom stereocenters. The Hall–Kier alpha value is -0.160. The van der Waals surface area contributed by atoms with Crippen LogP contribution in [0.25, 0.3) is 0 Å². The van der Waals surface area contributed by atoms with E-state index in [-0.39, 0.29) is 0 Å². The van der Waals surface area contributed by atoms with Gasteiger partial charge in [0, 0.05) is 32.3 Å². The van der Waals surface area contributed by atoms with Crippen molar-refractivity contribution in [1.82, 2.24) is 10.2 Å². The third-order valence-electron chi connectivity index (χ3n) is 3.82. The van der Waals surface area contributed by atoms with Crippen molar-refractivity contribution in [2.75, 3.05) is 33.4 Å². The summed E-state index contributed by atoms with van der Waals surface area (Å²) in [5.41, 5.74) is 0. The van der Waals surface area contributed by atoms with E-state index in [1.54, 1.807) is 7.11 Å². The lowest BCUT2D eigenvalue weighted by Gasteiger charge is -2.29. The molecule has 1 saturated heterocycles. The predicted molar refractivity (Wildman–Crippen MR) is 79.6 cm³/mol. The van der Waals surface area contributed by atoms with Gasteiger partial charge in [-0.15, -0.1) is 0 Å². The van der Waals surface area contributed by atoms with Crippen LogP contribution < -0.4 is 5.32 Å². The van der Waals surface area contributed by atoms with E-state index in [0.29, 0.717) is 24.3 Å². The van der Waals surface area contributed by atoms with E-state index in [1.807, 2.05) is 0 Å². The number of nitrogens with one attached hydrogen (secondary N) is 1. The zero-order valence-electron chi connectivity index (χ0n) is 13.3. The second kappa shape index (κ2) is 8.90. The Morgan fingerprint density at radius 3 is 2.53 bits per heavy atom. The molecule has 1 fully saturated rings. The fourth-order valence-electron chi connectivity index (χ4n) is 2.66. The quantitative estimate of drug-likeness (QED) is 0.695. The van der Waals surface area contributed by atoms with Crippen molar-refractivity contribution in [2.45, 2.75) is 64.8 Å². The van der Waals surface area contributed by atoms with Gasteiger partial charge < -0.3 is 14.8 Å². The van der Waals surface area contributed by atoms with Crippen LogP contribution in [0.4, 0.5) is 0 Å². The summed E-state index contributed by atoms with van der Waals surface area (Å²) in [7, 11) is 1.77. The van der Waals surface area contributed by atoms with Crippen LogP contribution >= 0.6 is 0 Å². The van der Waals surface area contributed by atoms with E-state index in [0.717, 1.165) is 26.2 Å². The first-order valence-corrected chi connectivity index (χ1v) is 7.68. The molecule has 0 aromatic rings. The summed E-state index contributed by atoms with van der Waals surface area (Å²) in [4.78, 5) is 2.45. The van der Waals surface area contributed by atoms with Gasteiger partial charge in [-0.3, -0.25) is 4.90 Å². The van der Waals surface area contributed by atoms with Crippen molar-refractivity contribution in [3.8, 4) is 0 Å². The molecular weight excluding hydrogens is 240 g/mol. The number of methoxy groups -OCH3 is 1. The monoisotopic (exact) mass is 272 g/mol. The summed E-state index contributed by atoms with van der Waals surface area (Å²) < 4.78 is 11.4. The fourth-order valence-corrected chi connectivity index (χ4v) is 2.66. The van der Waals surface area contributed by atoms with Crippen LogP contribution in [0.5, 0.6) is 0 Å². The summed E-state index contributed by atoms with van der Waals surface area (Å²) in [6.07, 6.45) is 3.14. The molecule has 1 N–H and O–H groups in total. The molecule has 0 aromatic heterocycles. The molecule has 0 aromatic carbocycles. The highest BCUT2D eigenvalue weighted by atomic mass is 16.5. The Labute approximate surface area is 118 Å². The summed E-state index contributed by atoms with van der Waals surface area (Å²) in [6.45, 7) is 12.6. The molecule has 0 aliphatic carbocycles. The maximum atomic E-state index is 6.13. The Balaban J connectivity index is 2.29. The smallest absolute Gasteiger partial charge is 0.0707 e. The maximum absolute atomic E-state index is 6.13. The Morgan fingerprint density at radius 2 is 1.95 bits per heavy atom. The van der Waals surface area contributed by atoms with Crippen LogP contribution in [-0.4, -0.2) is 62.5 Å². The summed E-state index contributed by atoms with van der Waals surface area (Å²) in [5, 5.41) is 3.46. The van der Waals surface area contributed by atoms with Gasteiger partial charge in [0.1, 0.15) is 0 Å². The lowest BCUT2D eigenvalue weighted by Crippen LogP contribution is -2.41. The van der Waals surface area contributed by atoms with Crippen LogP contribution in [0.15, 0.2) is 0 Å². The minimum Gasteiger partial charge on any atom is -0.383 e. The molecule has 0 saturated carbocycles. The lowest BCUT2D eigenvalue weighted by molar-refractivity contribution is 0.00711. The van der Waals surface area contributed by atoms with Crippen molar-refractivity contribution >= 4 is 0 Å². The molecule has 1 aliphatic rings. The van der Waals surface area contributed by atoms with Gasteiger partial charge in [0.05, 0.1) is 18.8 Å². The number of hydrogen-bond acceptors (Lipinski definition) is 4. The average molecular weight is 272 g/mol. The summed E-state index contributed by atoms with van der Waals surface area (Å²) in [5.74, 6) is 0. The molecule has 0 spiro atoms. The Kier molecular flexibility index (Phi) is 7.91. The molecule has 0 bridgehead atoms. The minimum atomic E-state index is 0.387. The van der Waals surface area contributed by atoms with Gasteiger partial charge in [-0.2, -0.15) is 0 Å². The topological polar surface area (TPSA) is 33.7 Å². The van der Waals surface area contributed by atoms with E-state index < -0.39 is 0 Å². The molecule has 114 valence electrons. The van der Waals surface area contributed by atoms with Gasteiger partial charge in [0.25, 0.3) is 0 Å². The Bertz CT molecular complexity index is 236. The molecule has 3 unspecified atom stereocenters. The fraction of sp³-hybridized carbons (Fsp3) is 1.00. The van der Waals surface area contributed by atoms with Gasteiger partial charge in [-0.25, -0.2) is 0 Å². The molecule has 19 heavy (non-hydrogen) atoms. The van der Waals surface area contributed by atoms with Crippen LogP contribution in [-0.2, 0) is 9.47 Å². The van der Waals surface area contributed by atoms with Gasteiger partial charge in [0.2, 0.25) is 0 Å². The third-order valence-corrected chi connectivity index (χ3v) is 3.82. The first-order valence-electron chi connectivity index (χ1n) is 7.68. The van der Waals surface area contributed by atoms with Crippen molar-refractivity contribution in [3.05, 3.63) is 0 Å². The second-order valence-electron chi connectivity index (χ2n) is 5.91. The van der Waals surface area contributed by atoms with E-state index in [4.69, 9.17) is 9.47 Å². The van der Waals surface area contributed by atoms with E-state index in [2.05, 4.69) is 37.9 Å². The molecule has 4 heteroatoms. The molecule has 0 amide bonds. The summed E-state index contributed by atoms with van der Waals surface area (Å²) >= 11 is 0. The number of likely N-dealkylation sites (N-methyl/N-ethyl adjacent to an activating group) is 1. The zero-order chi connectivity index (χ0) is 14.3. The predicted octanol–water partition coefficient (Wildman–Crippen LogP) is 1.89. The molecule has 1 heterocycles. The van der Waals surface area contributed by atoms with Crippen molar-refractivity contribution in [2.24, 2.45) is 0 Å². The van der Waals surface area contributed by atoms with Gasteiger partial charge >= 0.3 is 0 Å². The molecule has 1 rings (SSSR count). The second-order valence-corrected chi connectivity index (χ2v) is 5.91. The van der Waals surface area contributed by atoms with Crippen molar-refractivity contribution < 1.29 is 9.47 Å². The zero-order valence-corrected chi connectivity index (χ0v) is 13.3. The number of rotatable bonds is 9. The first-order chi connectivity index (χ1) is 9.06. The van der Waals surface area contributed by atoms with Gasteiger partial charge in [0.15, 0.2) is 0 Å². The molecular formula is C15H32N2O2. The Morgan fingerprint density at radius 1 is 1.26 bits per heavy atom. The molecule has 0 radical (unpaired) electrons. The highest BCUT2D eigenvalue weighted by molar-refractivity contribution is 4.79. The average Bonchev–Trinajstić information content (AvgIpc) is 2.81. The minimum absolute atomic E-state index is 0.387. The van der Waals surface area contributed by atoms with Crippen LogP contribution in [0.3, 0.4) is 0 Å². The lowest BCUT2D eigenvalue weighted by atomic mass is 10.1. The van der Waals surface area contributed by atoms with Crippen LogP contribution in [0.2, 0.25) is 0 Å². The van der Waals surface area contributed by atoms with E-state index in [1.165, 1.54) is 12.8 Å². The standard InChI is InChI=1S/C15H32N2O2/c1-6-17(13(4)11-18-5)10-15-8-7-14(19-15)9-16-12(2)3/h12-16H,6-11H2,1-5H3.